The smallest absolute Gasteiger partial charge is 0.371 e. The second-order valence-corrected chi connectivity index (χ2v) is 4.71. The van der Waals surface area contributed by atoms with Crippen molar-refractivity contribution in [2.24, 2.45) is 0 Å². The molecular weight excluding hydrogens is 286 g/mol. The highest BCUT2D eigenvalue weighted by Gasteiger charge is 2.18. The fourth-order valence-electron chi connectivity index (χ4n) is 1.87. The molecule has 0 saturated heterocycles. The largest absolute Gasteiger partial charge is 0.494 e. The third kappa shape index (κ3) is 4.12. The van der Waals surface area contributed by atoms with Gasteiger partial charge in [0.15, 0.2) is 5.76 Å². The number of amides is 1. The summed E-state index contributed by atoms with van der Waals surface area (Å²) < 4.78 is 10.5. The van der Waals surface area contributed by atoms with Gasteiger partial charge < -0.3 is 19.2 Å². The van der Waals surface area contributed by atoms with Gasteiger partial charge in [-0.05, 0) is 30.7 Å². The van der Waals surface area contributed by atoms with Crippen molar-refractivity contribution in [3.63, 3.8) is 0 Å². The van der Waals surface area contributed by atoms with Crippen molar-refractivity contribution in [2.45, 2.75) is 6.42 Å². The molecule has 0 aliphatic rings. The normalized spacial score (nSPS) is 10.2. The number of nitrogens with zero attached hydrogens (tertiary/aromatic N) is 1. The van der Waals surface area contributed by atoms with Gasteiger partial charge in [0.05, 0.1) is 6.61 Å². The Labute approximate surface area is 127 Å². The fourth-order valence-corrected chi connectivity index (χ4v) is 1.87. The van der Waals surface area contributed by atoms with Crippen LogP contribution >= 0.6 is 0 Å². The molecule has 0 bridgehead atoms. The van der Waals surface area contributed by atoms with E-state index in [0.717, 1.165) is 5.75 Å². The van der Waals surface area contributed by atoms with Crippen LogP contribution in [-0.4, -0.2) is 42.1 Å². The van der Waals surface area contributed by atoms with Crippen LogP contribution in [0.5, 0.6) is 5.75 Å². The van der Waals surface area contributed by atoms with Gasteiger partial charge in [0, 0.05) is 13.6 Å². The number of hydrogen-bond acceptors (Lipinski definition) is 4. The summed E-state index contributed by atoms with van der Waals surface area (Å²) in [5.41, 5.74) is 0. The molecule has 0 spiro atoms. The zero-order valence-corrected chi connectivity index (χ0v) is 12.2. The third-order valence-electron chi connectivity index (χ3n) is 3.02. The number of carboxylic acids is 1. The molecule has 1 heterocycles. The van der Waals surface area contributed by atoms with E-state index in [-0.39, 0.29) is 17.4 Å². The summed E-state index contributed by atoms with van der Waals surface area (Å²) in [5, 5.41) is 8.76. The van der Waals surface area contributed by atoms with Crippen molar-refractivity contribution < 1.29 is 23.8 Å². The summed E-state index contributed by atoms with van der Waals surface area (Å²) in [4.78, 5) is 24.2. The number of ether oxygens (including phenoxy) is 1. The quantitative estimate of drug-likeness (QED) is 0.795. The van der Waals surface area contributed by atoms with Crippen LogP contribution in [0.1, 0.15) is 27.5 Å². The topological polar surface area (TPSA) is 80.0 Å². The van der Waals surface area contributed by atoms with Gasteiger partial charge in [-0.1, -0.05) is 18.2 Å². The van der Waals surface area contributed by atoms with E-state index in [1.807, 2.05) is 30.3 Å². The summed E-state index contributed by atoms with van der Waals surface area (Å²) >= 11 is 0. The van der Waals surface area contributed by atoms with Gasteiger partial charge in [-0.2, -0.15) is 0 Å². The number of carbonyl (C=O) groups excluding carboxylic acids is 1. The maximum Gasteiger partial charge on any atom is 0.371 e. The summed E-state index contributed by atoms with van der Waals surface area (Å²) in [5.74, 6) is -0.994. The Morgan fingerprint density at radius 2 is 1.82 bits per heavy atom. The van der Waals surface area contributed by atoms with Crippen molar-refractivity contribution >= 4 is 11.9 Å². The Kier molecular flexibility index (Phi) is 5.19. The predicted molar refractivity (Wildman–Crippen MR) is 79.2 cm³/mol. The van der Waals surface area contributed by atoms with Crippen LogP contribution in [0, 0.1) is 0 Å². The lowest BCUT2D eigenvalue weighted by atomic mass is 10.3. The second kappa shape index (κ2) is 7.31. The first-order valence-corrected chi connectivity index (χ1v) is 6.84. The van der Waals surface area contributed by atoms with Crippen molar-refractivity contribution in [1.82, 2.24) is 4.90 Å². The van der Waals surface area contributed by atoms with E-state index in [0.29, 0.717) is 19.6 Å². The minimum atomic E-state index is -1.20. The Balaban J connectivity index is 1.77. The SMILES string of the molecule is CN(CCCOc1ccccc1)C(=O)c1ccc(C(=O)O)o1. The number of hydrogen-bond donors (Lipinski definition) is 1. The summed E-state index contributed by atoms with van der Waals surface area (Å²) in [6.45, 7) is 0.967. The minimum absolute atomic E-state index is 0.0175. The first-order valence-electron chi connectivity index (χ1n) is 6.84. The molecule has 1 amide bonds. The van der Waals surface area contributed by atoms with E-state index >= 15 is 0 Å². The van der Waals surface area contributed by atoms with Crippen LogP contribution in [0.4, 0.5) is 0 Å². The van der Waals surface area contributed by atoms with Gasteiger partial charge in [-0.25, -0.2) is 4.79 Å². The highest BCUT2D eigenvalue weighted by Crippen LogP contribution is 2.11. The van der Waals surface area contributed by atoms with E-state index in [1.54, 1.807) is 7.05 Å². The van der Waals surface area contributed by atoms with Crippen molar-refractivity contribution in [3.05, 3.63) is 54.0 Å². The van der Waals surface area contributed by atoms with E-state index < -0.39 is 5.97 Å². The van der Waals surface area contributed by atoms with Gasteiger partial charge in [0.2, 0.25) is 5.76 Å². The molecule has 0 radical (unpaired) electrons. The lowest BCUT2D eigenvalue weighted by Gasteiger charge is -2.15. The lowest BCUT2D eigenvalue weighted by Crippen LogP contribution is -2.28. The average molecular weight is 303 g/mol. The molecule has 1 aromatic carbocycles. The van der Waals surface area contributed by atoms with Crippen molar-refractivity contribution in [1.29, 1.82) is 0 Å². The van der Waals surface area contributed by atoms with Crippen molar-refractivity contribution in [2.75, 3.05) is 20.2 Å². The standard InChI is InChI=1S/C16H17NO5/c1-17(10-5-11-21-12-6-3-2-4-7-12)15(18)13-8-9-14(22-13)16(19)20/h2-4,6-9H,5,10-11H2,1H3,(H,19,20). The van der Waals surface area contributed by atoms with Crippen LogP contribution in [0.25, 0.3) is 0 Å². The van der Waals surface area contributed by atoms with Crippen LogP contribution < -0.4 is 4.74 Å². The van der Waals surface area contributed by atoms with Gasteiger partial charge in [-0.3, -0.25) is 4.79 Å². The molecule has 2 rings (SSSR count). The number of benzene rings is 1. The fraction of sp³-hybridized carbons (Fsp3) is 0.250. The molecule has 22 heavy (non-hydrogen) atoms. The second-order valence-electron chi connectivity index (χ2n) is 4.71. The molecule has 6 nitrogen and oxygen atoms in total. The van der Waals surface area contributed by atoms with Crippen LogP contribution in [0.15, 0.2) is 46.9 Å². The van der Waals surface area contributed by atoms with Gasteiger partial charge >= 0.3 is 5.97 Å². The summed E-state index contributed by atoms with van der Waals surface area (Å²) in [7, 11) is 1.63. The lowest BCUT2D eigenvalue weighted by molar-refractivity contribution is 0.0653. The molecule has 116 valence electrons. The molecule has 0 unspecified atom stereocenters. The Morgan fingerprint density at radius 1 is 1.14 bits per heavy atom. The summed E-state index contributed by atoms with van der Waals surface area (Å²) in [6, 6.07) is 12.1. The number of carboxylic acid groups (broad SMARTS) is 1. The molecule has 1 aromatic heterocycles. The zero-order valence-electron chi connectivity index (χ0n) is 12.2. The number of carbonyl (C=O) groups is 2. The molecule has 1 N–H and O–H groups in total. The van der Waals surface area contributed by atoms with Crippen LogP contribution in [0.3, 0.4) is 0 Å². The minimum Gasteiger partial charge on any atom is -0.494 e. The third-order valence-corrected chi connectivity index (χ3v) is 3.02. The number of para-hydroxylation sites is 1. The highest BCUT2D eigenvalue weighted by molar-refractivity contribution is 5.93. The van der Waals surface area contributed by atoms with Crippen LogP contribution in [-0.2, 0) is 0 Å². The molecule has 0 fully saturated rings. The molecule has 0 aliphatic heterocycles. The first-order chi connectivity index (χ1) is 10.6. The first kappa shape index (κ1) is 15.6. The number of furan rings is 1. The zero-order chi connectivity index (χ0) is 15.9. The number of aromatic carboxylic acids is 1. The highest BCUT2D eigenvalue weighted by atomic mass is 16.5. The Morgan fingerprint density at radius 3 is 2.45 bits per heavy atom. The van der Waals surface area contributed by atoms with Gasteiger partial charge in [-0.15, -0.1) is 0 Å². The van der Waals surface area contributed by atoms with Crippen molar-refractivity contribution in [3.8, 4) is 5.75 Å². The molecule has 0 aliphatic carbocycles. The maximum atomic E-state index is 12.0. The molecular formula is C16H17NO5. The predicted octanol–water partition coefficient (Wildman–Crippen LogP) is 2.52. The molecule has 0 atom stereocenters. The van der Waals surface area contributed by atoms with Gasteiger partial charge in [0.1, 0.15) is 5.75 Å². The van der Waals surface area contributed by atoms with Gasteiger partial charge in [0.25, 0.3) is 5.91 Å². The van der Waals surface area contributed by atoms with Crippen LogP contribution in [0.2, 0.25) is 0 Å². The maximum absolute atomic E-state index is 12.0. The Hall–Kier alpha value is -2.76. The molecule has 2 aromatic rings. The summed E-state index contributed by atoms with van der Waals surface area (Å²) in [6.07, 6.45) is 0.656. The van der Waals surface area contributed by atoms with E-state index in [9.17, 15) is 9.59 Å². The average Bonchev–Trinajstić information content (AvgIpc) is 3.02. The van der Waals surface area contributed by atoms with E-state index in [2.05, 4.69) is 0 Å². The number of rotatable bonds is 7. The molecule has 6 heteroatoms. The van der Waals surface area contributed by atoms with E-state index in [4.69, 9.17) is 14.3 Å². The monoisotopic (exact) mass is 303 g/mol. The molecule has 0 saturated carbocycles. The Bertz CT molecular complexity index is 635. The van der Waals surface area contributed by atoms with E-state index in [1.165, 1.54) is 17.0 Å².